The molecule has 1 amide bonds. The Labute approximate surface area is 118 Å². The number of nitrogens with one attached hydrogen (secondary N) is 2. The zero-order valence-electron chi connectivity index (χ0n) is 10.5. The zero-order valence-corrected chi connectivity index (χ0v) is 12.0. The second kappa shape index (κ2) is 5.31. The molecule has 7 heteroatoms. The van der Waals surface area contributed by atoms with Crippen LogP contribution < -0.4 is 15.8 Å². The molecule has 2 aromatic rings. The minimum absolute atomic E-state index is 0.316. The average molecular weight is 325 g/mol. The molecule has 0 radical (unpaired) electrons. The first-order valence-corrected chi connectivity index (χ1v) is 6.27. The number of aryl methyl sites for hydroxylation is 1. The highest BCUT2D eigenvalue weighted by molar-refractivity contribution is 9.10. The second-order valence-electron chi connectivity index (χ2n) is 3.91. The van der Waals surface area contributed by atoms with Gasteiger partial charge in [-0.1, -0.05) is 0 Å². The number of hydrogen-bond donors (Lipinski definition) is 3. The van der Waals surface area contributed by atoms with E-state index in [9.17, 15) is 4.79 Å². The first kappa shape index (κ1) is 13.4. The van der Waals surface area contributed by atoms with Crippen molar-refractivity contribution in [3.63, 3.8) is 0 Å². The normalized spacial score (nSPS) is 10.3. The van der Waals surface area contributed by atoms with Crippen molar-refractivity contribution < 1.29 is 9.53 Å². The molecule has 1 heterocycles. The maximum Gasteiger partial charge on any atom is 0.258 e. The van der Waals surface area contributed by atoms with E-state index in [0.29, 0.717) is 33.0 Å². The Morgan fingerprint density at radius 2 is 2.26 bits per heavy atom. The molecule has 100 valence electrons. The predicted octanol–water partition coefficient (Wildman–Crippen LogP) is 2.32. The monoisotopic (exact) mass is 324 g/mol. The van der Waals surface area contributed by atoms with Crippen LogP contribution >= 0.6 is 15.9 Å². The summed E-state index contributed by atoms with van der Waals surface area (Å²) in [6, 6.07) is 5.13. The SMILES string of the molecule is COc1ccc(Br)c(C(=O)Nc2n[nH]c(C)c2N)c1. The van der Waals surface area contributed by atoms with Crippen molar-refractivity contribution in [2.24, 2.45) is 0 Å². The van der Waals surface area contributed by atoms with Crippen molar-refractivity contribution in [1.29, 1.82) is 0 Å². The summed E-state index contributed by atoms with van der Waals surface area (Å²) in [4.78, 5) is 12.2. The molecule has 2 rings (SSSR count). The van der Waals surface area contributed by atoms with Crippen molar-refractivity contribution in [1.82, 2.24) is 10.2 Å². The third-order valence-electron chi connectivity index (χ3n) is 2.64. The van der Waals surface area contributed by atoms with E-state index >= 15 is 0 Å². The molecule has 0 aliphatic heterocycles. The summed E-state index contributed by atoms with van der Waals surface area (Å²) in [6.45, 7) is 1.78. The lowest BCUT2D eigenvalue weighted by molar-refractivity contribution is 0.102. The molecule has 0 unspecified atom stereocenters. The van der Waals surface area contributed by atoms with E-state index in [1.807, 2.05) is 0 Å². The number of methoxy groups -OCH3 is 1. The average Bonchev–Trinajstić information content (AvgIpc) is 2.71. The lowest BCUT2D eigenvalue weighted by Gasteiger charge is -2.07. The van der Waals surface area contributed by atoms with Gasteiger partial charge in [0.2, 0.25) is 0 Å². The molecule has 0 spiro atoms. The van der Waals surface area contributed by atoms with Gasteiger partial charge in [0, 0.05) is 4.47 Å². The molecule has 0 saturated heterocycles. The molecular weight excluding hydrogens is 312 g/mol. The summed E-state index contributed by atoms with van der Waals surface area (Å²) in [5, 5.41) is 9.28. The van der Waals surface area contributed by atoms with Crippen molar-refractivity contribution in [2.75, 3.05) is 18.2 Å². The minimum Gasteiger partial charge on any atom is -0.497 e. The second-order valence-corrected chi connectivity index (χ2v) is 4.77. The van der Waals surface area contributed by atoms with Crippen LogP contribution in [0.4, 0.5) is 11.5 Å². The fourth-order valence-corrected chi connectivity index (χ4v) is 1.94. The molecule has 4 N–H and O–H groups in total. The number of nitrogens with zero attached hydrogens (tertiary/aromatic N) is 1. The quantitative estimate of drug-likeness (QED) is 0.807. The van der Waals surface area contributed by atoms with Gasteiger partial charge >= 0.3 is 0 Å². The topological polar surface area (TPSA) is 93.0 Å². The van der Waals surface area contributed by atoms with Gasteiger partial charge < -0.3 is 15.8 Å². The largest absolute Gasteiger partial charge is 0.497 e. The van der Waals surface area contributed by atoms with E-state index in [4.69, 9.17) is 10.5 Å². The Morgan fingerprint density at radius 3 is 2.84 bits per heavy atom. The molecule has 6 nitrogen and oxygen atoms in total. The standard InChI is InChI=1S/C12H13BrN4O2/c1-6-10(14)11(17-16-6)15-12(18)8-5-7(19-2)3-4-9(8)13/h3-5H,14H2,1-2H3,(H2,15,16,17,18). The molecule has 0 aliphatic rings. The van der Waals surface area contributed by atoms with Crippen LogP contribution in [0, 0.1) is 6.92 Å². The Balaban J connectivity index is 2.27. The number of carbonyl (C=O) groups is 1. The predicted molar refractivity (Wildman–Crippen MR) is 76.4 cm³/mol. The van der Waals surface area contributed by atoms with Crippen LogP contribution in [0.2, 0.25) is 0 Å². The Kier molecular flexibility index (Phi) is 3.75. The van der Waals surface area contributed by atoms with Crippen molar-refractivity contribution in [2.45, 2.75) is 6.92 Å². The highest BCUT2D eigenvalue weighted by Gasteiger charge is 2.15. The first-order chi connectivity index (χ1) is 9.02. The van der Waals surface area contributed by atoms with E-state index in [1.165, 1.54) is 0 Å². The van der Waals surface area contributed by atoms with Gasteiger partial charge in [-0.3, -0.25) is 9.89 Å². The number of anilines is 2. The number of amides is 1. The smallest absolute Gasteiger partial charge is 0.258 e. The summed E-state index contributed by atoms with van der Waals surface area (Å²) in [5.41, 5.74) is 7.35. The molecule has 0 atom stereocenters. The van der Waals surface area contributed by atoms with Crippen LogP contribution in [0.3, 0.4) is 0 Å². The molecule has 0 saturated carbocycles. The number of halogens is 1. The highest BCUT2D eigenvalue weighted by Crippen LogP contribution is 2.24. The molecule has 0 fully saturated rings. The Morgan fingerprint density at radius 1 is 1.53 bits per heavy atom. The van der Waals surface area contributed by atoms with E-state index in [1.54, 1.807) is 32.2 Å². The summed E-state index contributed by atoms with van der Waals surface area (Å²) < 4.78 is 5.75. The third kappa shape index (κ3) is 2.70. The van der Waals surface area contributed by atoms with Gasteiger partial charge in [0.05, 0.1) is 24.1 Å². The maximum absolute atomic E-state index is 12.2. The molecular formula is C12H13BrN4O2. The van der Waals surface area contributed by atoms with Crippen LogP contribution in [0.5, 0.6) is 5.75 Å². The maximum atomic E-state index is 12.2. The molecule has 19 heavy (non-hydrogen) atoms. The number of aromatic nitrogens is 2. The molecule has 1 aromatic heterocycles. The number of ether oxygens (including phenoxy) is 1. The number of hydrogen-bond acceptors (Lipinski definition) is 4. The van der Waals surface area contributed by atoms with Gasteiger partial charge in [0.1, 0.15) is 5.75 Å². The summed E-state index contributed by atoms with van der Waals surface area (Å²) >= 11 is 3.32. The number of carbonyl (C=O) groups excluding carboxylic acids is 1. The van der Waals surface area contributed by atoms with E-state index in [-0.39, 0.29) is 5.91 Å². The van der Waals surface area contributed by atoms with Crippen LogP contribution in [-0.2, 0) is 0 Å². The number of nitrogen functional groups attached to an aromatic ring is 1. The molecule has 0 bridgehead atoms. The van der Waals surface area contributed by atoms with Gasteiger partial charge in [-0.2, -0.15) is 5.10 Å². The van der Waals surface area contributed by atoms with Crippen molar-refractivity contribution in [3.05, 3.63) is 33.9 Å². The summed E-state index contributed by atoms with van der Waals surface area (Å²) in [6.07, 6.45) is 0. The fourth-order valence-electron chi connectivity index (χ4n) is 1.51. The lowest BCUT2D eigenvalue weighted by atomic mass is 10.2. The van der Waals surface area contributed by atoms with E-state index < -0.39 is 0 Å². The van der Waals surface area contributed by atoms with E-state index in [2.05, 4.69) is 31.4 Å². The van der Waals surface area contributed by atoms with Crippen LogP contribution in [0.15, 0.2) is 22.7 Å². The Hall–Kier alpha value is -2.02. The van der Waals surface area contributed by atoms with E-state index in [0.717, 1.165) is 0 Å². The number of rotatable bonds is 3. The number of nitrogens with two attached hydrogens (primary N) is 1. The first-order valence-electron chi connectivity index (χ1n) is 5.48. The molecule has 0 aliphatic carbocycles. The third-order valence-corrected chi connectivity index (χ3v) is 3.34. The van der Waals surface area contributed by atoms with Crippen molar-refractivity contribution in [3.8, 4) is 5.75 Å². The summed E-state index contributed by atoms with van der Waals surface area (Å²) in [7, 11) is 1.54. The number of aromatic amines is 1. The molecule has 1 aromatic carbocycles. The summed E-state index contributed by atoms with van der Waals surface area (Å²) in [5.74, 6) is 0.598. The fraction of sp³-hybridized carbons (Fsp3) is 0.167. The minimum atomic E-state index is -0.316. The Bertz CT molecular complexity index is 624. The van der Waals surface area contributed by atoms with Gasteiger partial charge in [0.25, 0.3) is 5.91 Å². The number of benzene rings is 1. The van der Waals surface area contributed by atoms with Crippen molar-refractivity contribution >= 4 is 33.3 Å². The lowest BCUT2D eigenvalue weighted by Crippen LogP contribution is -2.14. The van der Waals surface area contributed by atoms with Gasteiger partial charge in [-0.05, 0) is 41.1 Å². The van der Waals surface area contributed by atoms with Crippen LogP contribution in [0.1, 0.15) is 16.1 Å². The highest BCUT2D eigenvalue weighted by atomic mass is 79.9. The van der Waals surface area contributed by atoms with Gasteiger partial charge in [0.15, 0.2) is 5.82 Å². The number of H-pyrrole nitrogens is 1. The van der Waals surface area contributed by atoms with Crippen LogP contribution in [0.25, 0.3) is 0 Å². The van der Waals surface area contributed by atoms with Gasteiger partial charge in [-0.25, -0.2) is 0 Å². The van der Waals surface area contributed by atoms with Gasteiger partial charge in [-0.15, -0.1) is 0 Å². The van der Waals surface area contributed by atoms with Crippen LogP contribution in [-0.4, -0.2) is 23.2 Å². The zero-order chi connectivity index (χ0) is 14.0.